The van der Waals surface area contributed by atoms with Gasteiger partial charge in [0.05, 0.1) is 0 Å². The van der Waals surface area contributed by atoms with E-state index in [0.29, 0.717) is 6.61 Å². The summed E-state index contributed by atoms with van der Waals surface area (Å²) in [6.45, 7) is 4.65. The van der Waals surface area contributed by atoms with E-state index in [0.717, 1.165) is 29.4 Å². The average molecular weight is 418 g/mol. The third-order valence-electron chi connectivity index (χ3n) is 4.81. The van der Waals surface area contributed by atoms with Crippen LogP contribution in [0.4, 0.5) is 0 Å². The Kier molecular flexibility index (Phi) is 9.63. The highest BCUT2D eigenvalue weighted by Gasteiger charge is 2.09. The molecular formula is C24H29Cl2NO. The van der Waals surface area contributed by atoms with Gasteiger partial charge in [-0.25, -0.2) is 0 Å². The van der Waals surface area contributed by atoms with Crippen molar-refractivity contribution in [2.75, 3.05) is 6.54 Å². The number of rotatable bonds is 10. The molecule has 0 radical (unpaired) electrons. The Bertz CT molecular complexity index is 849. The first-order chi connectivity index (χ1) is 13.3. The van der Waals surface area contributed by atoms with Gasteiger partial charge in [-0.2, -0.15) is 0 Å². The monoisotopic (exact) mass is 417 g/mol. The molecule has 0 amide bonds. The van der Waals surface area contributed by atoms with Gasteiger partial charge in [-0.3, -0.25) is 0 Å². The van der Waals surface area contributed by atoms with Crippen LogP contribution >= 0.6 is 24.0 Å². The number of hydrogen-bond donors (Lipinski definition) is 1. The van der Waals surface area contributed by atoms with Gasteiger partial charge in [0.25, 0.3) is 0 Å². The summed E-state index contributed by atoms with van der Waals surface area (Å²) in [6.07, 6.45) is 5.09. The minimum Gasteiger partial charge on any atom is -0.489 e. The Morgan fingerprint density at radius 2 is 1.68 bits per heavy atom. The quantitative estimate of drug-likeness (QED) is 0.353. The van der Waals surface area contributed by atoms with Crippen molar-refractivity contribution < 1.29 is 4.74 Å². The fraction of sp³-hybridized carbons (Fsp3) is 0.333. The minimum absolute atomic E-state index is 0. The van der Waals surface area contributed by atoms with Gasteiger partial charge in [0, 0.05) is 17.1 Å². The molecule has 0 fully saturated rings. The molecule has 3 rings (SSSR count). The third kappa shape index (κ3) is 6.41. The zero-order valence-corrected chi connectivity index (χ0v) is 18.0. The van der Waals surface area contributed by atoms with Gasteiger partial charge in [-0.1, -0.05) is 80.3 Å². The summed E-state index contributed by atoms with van der Waals surface area (Å²) >= 11 is 5.97. The van der Waals surface area contributed by atoms with E-state index in [1.807, 2.05) is 24.3 Å². The number of fused-ring (bicyclic) bond motifs is 1. The van der Waals surface area contributed by atoms with Crippen LogP contribution in [0.15, 0.2) is 60.7 Å². The van der Waals surface area contributed by atoms with Gasteiger partial charge in [0.1, 0.15) is 12.4 Å². The molecule has 0 atom stereocenters. The van der Waals surface area contributed by atoms with Crippen molar-refractivity contribution in [1.82, 2.24) is 5.32 Å². The Labute approximate surface area is 179 Å². The maximum atomic E-state index is 6.18. The molecule has 0 aromatic heterocycles. The van der Waals surface area contributed by atoms with Gasteiger partial charge >= 0.3 is 0 Å². The van der Waals surface area contributed by atoms with Gasteiger partial charge < -0.3 is 10.1 Å². The molecule has 0 saturated heterocycles. The molecule has 3 aromatic rings. The van der Waals surface area contributed by atoms with E-state index in [4.69, 9.17) is 16.3 Å². The highest BCUT2D eigenvalue weighted by Crippen LogP contribution is 2.29. The van der Waals surface area contributed by atoms with Gasteiger partial charge in [0.15, 0.2) is 0 Å². The molecule has 3 aromatic carbocycles. The molecule has 2 nitrogen and oxygen atoms in total. The average Bonchev–Trinajstić information content (AvgIpc) is 2.70. The first-order valence-electron chi connectivity index (χ1n) is 9.86. The van der Waals surface area contributed by atoms with Crippen LogP contribution in [-0.4, -0.2) is 6.54 Å². The molecule has 0 spiro atoms. The summed E-state index contributed by atoms with van der Waals surface area (Å²) in [7, 11) is 0. The minimum atomic E-state index is 0. The molecule has 0 aliphatic heterocycles. The zero-order valence-electron chi connectivity index (χ0n) is 16.4. The van der Waals surface area contributed by atoms with Crippen LogP contribution in [0.1, 0.15) is 43.7 Å². The first kappa shape index (κ1) is 22.5. The maximum Gasteiger partial charge on any atom is 0.124 e. The Morgan fingerprint density at radius 1 is 0.893 bits per heavy atom. The summed E-state index contributed by atoms with van der Waals surface area (Å²) in [5.74, 6) is 0.949. The fourth-order valence-electron chi connectivity index (χ4n) is 3.27. The summed E-state index contributed by atoms with van der Waals surface area (Å²) in [5.41, 5.74) is 2.35. The van der Waals surface area contributed by atoms with Crippen LogP contribution in [0.5, 0.6) is 5.75 Å². The second kappa shape index (κ2) is 12.0. The molecule has 0 bridgehead atoms. The Balaban J connectivity index is 0.00000280. The van der Waals surface area contributed by atoms with E-state index >= 15 is 0 Å². The van der Waals surface area contributed by atoms with Crippen molar-refractivity contribution in [2.45, 2.75) is 45.8 Å². The van der Waals surface area contributed by atoms with Crippen LogP contribution in [0, 0.1) is 0 Å². The molecule has 0 aliphatic carbocycles. The van der Waals surface area contributed by atoms with Crippen LogP contribution in [0.25, 0.3) is 10.8 Å². The van der Waals surface area contributed by atoms with Crippen molar-refractivity contribution in [3.8, 4) is 5.75 Å². The highest BCUT2D eigenvalue weighted by atomic mass is 35.5. The van der Waals surface area contributed by atoms with E-state index in [1.54, 1.807) is 0 Å². The van der Waals surface area contributed by atoms with Crippen LogP contribution in [-0.2, 0) is 13.2 Å². The molecule has 0 unspecified atom stereocenters. The summed E-state index contributed by atoms with van der Waals surface area (Å²) in [5, 5.41) is 6.85. The van der Waals surface area contributed by atoms with Crippen molar-refractivity contribution in [3.05, 3.63) is 76.8 Å². The Morgan fingerprint density at radius 3 is 2.46 bits per heavy atom. The number of benzene rings is 3. The smallest absolute Gasteiger partial charge is 0.124 e. The summed E-state index contributed by atoms with van der Waals surface area (Å²) in [4.78, 5) is 0. The maximum absolute atomic E-state index is 6.18. The number of nitrogens with one attached hydrogen (secondary N) is 1. The second-order valence-electron chi connectivity index (χ2n) is 6.92. The molecular weight excluding hydrogens is 389 g/mol. The Hall–Kier alpha value is -1.74. The topological polar surface area (TPSA) is 21.3 Å². The predicted molar refractivity (Wildman–Crippen MR) is 123 cm³/mol. The van der Waals surface area contributed by atoms with Crippen molar-refractivity contribution >= 4 is 34.8 Å². The van der Waals surface area contributed by atoms with Crippen LogP contribution < -0.4 is 10.1 Å². The summed E-state index contributed by atoms with van der Waals surface area (Å²) < 4.78 is 6.18. The predicted octanol–water partition coefficient (Wildman–Crippen LogP) is 7.16. The SMILES string of the molecule is CCCCCCNCc1c(OCc2ccc(Cl)cc2)ccc2ccccc12.Cl. The first-order valence-corrected chi connectivity index (χ1v) is 10.2. The lowest BCUT2D eigenvalue weighted by molar-refractivity contribution is 0.302. The number of hydrogen-bond acceptors (Lipinski definition) is 2. The van der Waals surface area contributed by atoms with E-state index in [-0.39, 0.29) is 12.4 Å². The normalized spacial score (nSPS) is 10.6. The lowest BCUT2D eigenvalue weighted by Gasteiger charge is -2.15. The van der Waals surface area contributed by atoms with Crippen molar-refractivity contribution in [1.29, 1.82) is 0 Å². The van der Waals surface area contributed by atoms with Gasteiger partial charge in [-0.15, -0.1) is 12.4 Å². The molecule has 0 saturated carbocycles. The van der Waals surface area contributed by atoms with E-state index in [9.17, 15) is 0 Å². The molecule has 150 valence electrons. The molecule has 4 heteroatoms. The second-order valence-corrected chi connectivity index (χ2v) is 7.35. The van der Waals surface area contributed by atoms with Crippen molar-refractivity contribution in [2.24, 2.45) is 0 Å². The highest BCUT2D eigenvalue weighted by molar-refractivity contribution is 6.30. The lowest BCUT2D eigenvalue weighted by Crippen LogP contribution is -2.16. The van der Waals surface area contributed by atoms with E-state index in [2.05, 4.69) is 48.6 Å². The van der Waals surface area contributed by atoms with Crippen molar-refractivity contribution in [3.63, 3.8) is 0 Å². The molecule has 1 N–H and O–H groups in total. The van der Waals surface area contributed by atoms with E-state index in [1.165, 1.54) is 42.0 Å². The summed E-state index contributed by atoms with van der Waals surface area (Å²) in [6, 6.07) is 20.6. The van der Waals surface area contributed by atoms with Crippen LogP contribution in [0.3, 0.4) is 0 Å². The third-order valence-corrected chi connectivity index (χ3v) is 5.07. The lowest BCUT2D eigenvalue weighted by atomic mass is 10.0. The van der Waals surface area contributed by atoms with Gasteiger partial charge in [-0.05, 0) is 47.5 Å². The standard InChI is InChI=1S/C24H28ClNO.ClH/c1-2-3-4-7-16-26-17-23-22-9-6-5-8-20(22)12-15-24(23)27-18-19-10-13-21(25)14-11-19;/h5-6,8-15,26H,2-4,7,16-18H2,1H3;1H. The number of ether oxygens (including phenoxy) is 1. The van der Waals surface area contributed by atoms with Crippen LogP contribution in [0.2, 0.25) is 5.02 Å². The largest absolute Gasteiger partial charge is 0.489 e. The van der Waals surface area contributed by atoms with Gasteiger partial charge in [0.2, 0.25) is 0 Å². The zero-order chi connectivity index (χ0) is 18.9. The number of halogens is 2. The fourth-order valence-corrected chi connectivity index (χ4v) is 3.39. The molecule has 0 heterocycles. The molecule has 28 heavy (non-hydrogen) atoms. The molecule has 0 aliphatic rings. The van der Waals surface area contributed by atoms with E-state index < -0.39 is 0 Å². The number of unbranched alkanes of at least 4 members (excludes halogenated alkanes) is 3.